The van der Waals surface area contributed by atoms with E-state index in [4.69, 9.17) is 15.3 Å². The second-order valence-corrected chi connectivity index (χ2v) is 8.69. The number of allylic oxidation sites excluding steroid dienone is 3. The number of rotatable bonds is 9. The van der Waals surface area contributed by atoms with Gasteiger partial charge < -0.3 is 15.3 Å². The van der Waals surface area contributed by atoms with E-state index in [0.29, 0.717) is 18.7 Å². The molecule has 0 unspecified atom stereocenters. The molecular weight excluding hydrogens is 331 g/mol. The molecule has 1 heterocycles. The van der Waals surface area contributed by atoms with Crippen LogP contribution in [0.4, 0.5) is 0 Å². The first-order valence-electron chi connectivity index (χ1n) is 6.60. The van der Waals surface area contributed by atoms with Crippen molar-refractivity contribution in [2.24, 2.45) is 0 Å². The lowest BCUT2D eigenvalue weighted by Gasteiger charge is -2.27. The maximum atomic E-state index is 10.9. The van der Waals surface area contributed by atoms with Gasteiger partial charge in [-0.15, -0.1) is 12.4 Å². The van der Waals surface area contributed by atoms with Gasteiger partial charge in [0.05, 0.1) is 0 Å². The van der Waals surface area contributed by atoms with Crippen LogP contribution in [0.5, 0.6) is 0 Å². The number of carboxylic acids is 3. The van der Waals surface area contributed by atoms with E-state index in [9.17, 15) is 14.4 Å². The summed E-state index contributed by atoms with van der Waals surface area (Å²) in [6, 6.07) is 0. The van der Waals surface area contributed by atoms with E-state index in [0.717, 1.165) is 5.29 Å². The van der Waals surface area contributed by atoms with Crippen molar-refractivity contribution in [3.63, 3.8) is 0 Å². The maximum absolute atomic E-state index is 10.9. The first-order chi connectivity index (χ1) is 9.85. The SMILES string of the molecule is Cl.O=C(O)CCC1=P(CCC(=O)O)(CCC(=O)O)C=CC=C1. The summed E-state index contributed by atoms with van der Waals surface area (Å²) in [7, 11) is 0. The molecule has 0 spiro atoms. The fourth-order valence-electron chi connectivity index (χ4n) is 2.30. The highest BCUT2D eigenvalue weighted by Gasteiger charge is 2.23. The van der Waals surface area contributed by atoms with Gasteiger partial charge in [-0.25, -0.2) is 0 Å². The van der Waals surface area contributed by atoms with E-state index in [-0.39, 0.29) is 31.7 Å². The van der Waals surface area contributed by atoms with Crippen molar-refractivity contribution in [2.75, 3.05) is 12.3 Å². The predicted octanol–water partition coefficient (Wildman–Crippen LogP) is 2.50. The topological polar surface area (TPSA) is 112 Å². The summed E-state index contributed by atoms with van der Waals surface area (Å²) < 4.78 is 0. The summed E-state index contributed by atoms with van der Waals surface area (Å²) in [5, 5.41) is 27.5. The fraction of sp³-hybridized carbons (Fsp3) is 0.429. The van der Waals surface area contributed by atoms with Crippen LogP contribution in [0.1, 0.15) is 25.7 Å². The monoisotopic (exact) mass is 350 g/mol. The van der Waals surface area contributed by atoms with Crippen LogP contribution in [-0.2, 0) is 14.4 Å². The minimum atomic E-state index is -2.04. The predicted molar refractivity (Wildman–Crippen MR) is 88.6 cm³/mol. The van der Waals surface area contributed by atoms with Crippen molar-refractivity contribution >= 4 is 42.5 Å². The lowest BCUT2D eigenvalue weighted by atomic mass is 10.2. The Bertz CT molecular complexity index is 528. The van der Waals surface area contributed by atoms with Gasteiger partial charge in [-0.1, -0.05) is 30.9 Å². The molecule has 0 aromatic heterocycles. The summed E-state index contributed by atoms with van der Waals surface area (Å²) in [4.78, 5) is 32.5. The van der Waals surface area contributed by atoms with Crippen LogP contribution in [0.15, 0.2) is 24.0 Å². The third-order valence-corrected chi connectivity index (χ3v) is 7.69. The van der Waals surface area contributed by atoms with Gasteiger partial charge in [0, 0.05) is 19.3 Å². The first-order valence-corrected chi connectivity index (χ1v) is 8.83. The van der Waals surface area contributed by atoms with Crippen LogP contribution < -0.4 is 0 Å². The normalized spacial score (nSPS) is 15.2. The second-order valence-electron chi connectivity index (χ2n) is 4.85. The molecule has 1 aliphatic rings. The van der Waals surface area contributed by atoms with Gasteiger partial charge in [-0.05, 0) is 24.0 Å². The fourth-order valence-corrected chi connectivity index (χ4v) is 6.14. The molecule has 22 heavy (non-hydrogen) atoms. The Morgan fingerprint density at radius 3 is 1.82 bits per heavy atom. The zero-order valence-corrected chi connectivity index (χ0v) is 13.7. The smallest absolute Gasteiger partial charge is 0.303 e. The van der Waals surface area contributed by atoms with Gasteiger partial charge in [0.15, 0.2) is 0 Å². The largest absolute Gasteiger partial charge is 0.481 e. The van der Waals surface area contributed by atoms with E-state index in [1.54, 1.807) is 6.08 Å². The van der Waals surface area contributed by atoms with Gasteiger partial charge in [0.2, 0.25) is 0 Å². The van der Waals surface area contributed by atoms with Gasteiger partial charge >= 0.3 is 17.9 Å². The Hall–Kier alpha value is -1.52. The summed E-state index contributed by atoms with van der Waals surface area (Å²) >= 11 is 0. The number of halogens is 1. The van der Waals surface area contributed by atoms with Crippen LogP contribution in [-0.4, -0.2) is 50.8 Å². The highest BCUT2D eigenvalue weighted by molar-refractivity contribution is 7.79. The highest BCUT2D eigenvalue weighted by atomic mass is 35.5. The van der Waals surface area contributed by atoms with Crippen molar-refractivity contribution in [1.82, 2.24) is 0 Å². The zero-order chi connectivity index (χ0) is 15.9. The second kappa shape index (κ2) is 9.49. The molecule has 8 heteroatoms. The highest BCUT2D eigenvalue weighted by Crippen LogP contribution is 2.54. The molecule has 3 N–H and O–H groups in total. The van der Waals surface area contributed by atoms with E-state index in [1.807, 2.05) is 18.0 Å². The molecule has 124 valence electrons. The molecule has 0 saturated carbocycles. The lowest BCUT2D eigenvalue weighted by Crippen LogP contribution is -2.13. The van der Waals surface area contributed by atoms with Gasteiger partial charge in [0.25, 0.3) is 0 Å². The molecule has 0 saturated heterocycles. The number of aliphatic carboxylic acids is 3. The molecule has 1 rings (SSSR count). The molecule has 0 fully saturated rings. The minimum Gasteiger partial charge on any atom is -0.481 e. The number of hydrogen-bond acceptors (Lipinski definition) is 3. The van der Waals surface area contributed by atoms with Gasteiger partial charge in [-0.3, -0.25) is 14.4 Å². The third-order valence-electron chi connectivity index (χ3n) is 3.39. The molecule has 0 bridgehead atoms. The lowest BCUT2D eigenvalue weighted by molar-refractivity contribution is -0.137. The molecule has 0 radical (unpaired) electrons. The Kier molecular flexibility index (Phi) is 8.83. The number of carboxylic acid groups (broad SMARTS) is 3. The van der Waals surface area contributed by atoms with Crippen LogP contribution in [0.25, 0.3) is 0 Å². The van der Waals surface area contributed by atoms with Crippen LogP contribution in [0.3, 0.4) is 0 Å². The summed E-state index contributed by atoms with van der Waals surface area (Å²) in [5.41, 5.74) is 0. The molecule has 0 aliphatic carbocycles. The average Bonchev–Trinajstić information content (AvgIpc) is 2.41. The molecule has 0 aromatic rings. The molecule has 0 atom stereocenters. The standard InChI is InChI=1S/C14H19O6P.ClH/c15-12(16)5-4-11-3-1-2-8-21(11,9-6-13(17)18)10-7-14(19)20;/h1-3,8H,4-7,9-10H2,(H,15,16)(H,17,18)(H,19,20);1H. The van der Waals surface area contributed by atoms with Crippen LogP contribution in [0.2, 0.25) is 0 Å². The summed E-state index contributed by atoms with van der Waals surface area (Å²) in [5.74, 6) is -0.855. The average molecular weight is 351 g/mol. The summed E-state index contributed by atoms with van der Waals surface area (Å²) in [6.07, 6.45) is 6.40. The number of carbonyl (C=O) groups is 3. The molecule has 0 amide bonds. The Morgan fingerprint density at radius 1 is 0.864 bits per heavy atom. The van der Waals surface area contributed by atoms with E-state index in [2.05, 4.69) is 0 Å². The van der Waals surface area contributed by atoms with Gasteiger partial charge in [0.1, 0.15) is 0 Å². The Balaban J connectivity index is 0.00000441. The molecule has 6 nitrogen and oxygen atoms in total. The third kappa shape index (κ3) is 6.50. The first kappa shape index (κ1) is 20.5. The maximum Gasteiger partial charge on any atom is 0.303 e. The van der Waals surface area contributed by atoms with Crippen molar-refractivity contribution in [1.29, 1.82) is 0 Å². The van der Waals surface area contributed by atoms with Crippen molar-refractivity contribution in [3.8, 4) is 0 Å². The van der Waals surface area contributed by atoms with E-state index >= 15 is 0 Å². The Labute approximate surface area is 134 Å². The molecule has 0 aromatic carbocycles. The molecular formula is C14H20ClO6P. The zero-order valence-electron chi connectivity index (χ0n) is 12.0. The minimum absolute atomic E-state index is 0. The van der Waals surface area contributed by atoms with Crippen LogP contribution >= 0.6 is 19.3 Å². The number of hydrogen-bond donors (Lipinski definition) is 3. The summed E-state index contributed by atoms with van der Waals surface area (Å²) in [6.45, 7) is -2.04. The van der Waals surface area contributed by atoms with Gasteiger partial charge in [-0.2, -0.15) is 0 Å². The molecule has 1 aliphatic heterocycles. The van der Waals surface area contributed by atoms with Crippen molar-refractivity contribution < 1.29 is 29.7 Å². The van der Waals surface area contributed by atoms with Crippen LogP contribution in [0, 0.1) is 0 Å². The quantitative estimate of drug-likeness (QED) is 0.551. The van der Waals surface area contributed by atoms with Crippen molar-refractivity contribution in [2.45, 2.75) is 25.7 Å². The van der Waals surface area contributed by atoms with E-state index in [1.165, 1.54) is 0 Å². The van der Waals surface area contributed by atoms with Crippen molar-refractivity contribution in [3.05, 3.63) is 24.0 Å². The Morgan fingerprint density at radius 2 is 1.36 bits per heavy atom. The van der Waals surface area contributed by atoms with E-state index < -0.39 is 24.8 Å².